The van der Waals surface area contributed by atoms with E-state index in [2.05, 4.69) is 60.0 Å². The van der Waals surface area contributed by atoms with Crippen LogP contribution in [0, 0.1) is 11.8 Å². The van der Waals surface area contributed by atoms with Crippen LogP contribution >= 0.6 is 11.6 Å². The number of nitrogen functional groups attached to an aromatic ring is 2. The van der Waals surface area contributed by atoms with Crippen molar-refractivity contribution in [1.29, 1.82) is 0 Å². The number of halogens is 1. The number of allylic oxidation sites excluding steroid dienone is 2. The normalized spacial score (nSPS) is 24.7. The molecule has 0 spiro atoms. The molecule has 0 radical (unpaired) electrons. The lowest BCUT2D eigenvalue weighted by molar-refractivity contribution is -0.0349. The number of ether oxygens (including phenoxy) is 2. The van der Waals surface area contributed by atoms with E-state index < -0.39 is 0 Å². The van der Waals surface area contributed by atoms with Crippen LogP contribution in [0.2, 0.25) is 5.15 Å². The summed E-state index contributed by atoms with van der Waals surface area (Å²) in [6.45, 7) is 7.98. The fourth-order valence-corrected chi connectivity index (χ4v) is 6.59. The molecule has 16 nitrogen and oxygen atoms in total. The van der Waals surface area contributed by atoms with Crippen LogP contribution in [0.5, 0.6) is 0 Å². The van der Waals surface area contributed by atoms with E-state index in [-0.39, 0.29) is 65.4 Å². The summed E-state index contributed by atoms with van der Waals surface area (Å²) in [5.74, 6) is 1.50. The number of fused-ring (bicyclic) bond motifs is 2. The number of nitrogens with one attached hydrogen (secondary N) is 1. The van der Waals surface area contributed by atoms with E-state index in [1.807, 2.05) is 27.4 Å². The van der Waals surface area contributed by atoms with Crippen LogP contribution in [0.25, 0.3) is 22.3 Å². The van der Waals surface area contributed by atoms with Crippen LogP contribution in [0.1, 0.15) is 38.8 Å². The highest BCUT2D eigenvalue weighted by Crippen LogP contribution is 2.36. The number of anilines is 3. The second-order valence-corrected chi connectivity index (χ2v) is 13.8. The molecule has 17 heteroatoms. The summed E-state index contributed by atoms with van der Waals surface area (Å²) in [6.07, 6.45) is 13.3. The van der Waals surface area contributed by atoms with Crippen LogP contribution in [-0.4, -0.2) is 114 Å². The number of aliphatic hydroxyl groups excluding tert-OH is 2. The van der Waals surface area contributed by atoms with Gasteiger partial charge in [0.15, 0.2) is 27.8 Å². The summed E-state index contributed by atoms with van der Waals surface area (Å²) < 4.78 is 14.5. The van der Waals surface area contributed by atoms with Gasteiger partial charge in [-0.25, -0.2) is 9.97 Å². The second-order valence-electron chi connectivity index (χ2n) is 13.5. The Kier molecular flexibility index (Phi) is 10.1. The molecular formula is C32H45ClN12O4. The van der Waals surface area contributed by atoms with Gasteiger partial charge < -0.3 is 50.5 Å². The predicted octanol–water partition coefficient (Wildman–Crippen LogP) is 1.91. The number of aliphatic hydroxyl groups is 2. The van der Waals surface area contributed by atoms with E-state index >= 15 is 0 Å². The Hall–Kier alpha value is -3.93. The minimum Gasteiger partial charge on any atom is -0.396 e. The molecule has 6 heterocycles. The van der Waals surface area contributed by atoms with Gasteiger partial charge in [-0.2, -0.15) is 19.9 Å². The molecule has 8 rings (SSSR count). The highest BCUT2D eigenvalue weighted by Gasteiger charge is 2.41. The standard InChI is InChI=1S/C16H22N6O2.C11H12ClN5O.C5H11NO/c1-16(24-2)7-21(8-16)13-12-14(20-15(17)19-13)22(9-18-12)11-4-3-10(5-11)6-23;12-9-8-10(16-11(13)15-9)17(5-14-8)7-2-1-6(3-7)4-18;1-5(7-2)3-6-4-5/h3-4,9-11,23H,5-8H2,1-2H3,(H2,17,19,20);1-2,5-7,18H,3-4H2,(H2,13,15,16);6H,3-4H2,1-2H3/t10-,11+;6-,7+;/m11./s1. The molecule has 2 fully saturated rings. The van der Waals surface area contributed by atoms with Gasteiger partial charge in [-0.3, -0.25) is 0 Å². The van der Waals surface area contributed by atoms with Crippen molar-refractivity contribution in [2.45, 2.75) is 50.0 Å². The SMILES string of the molecule is COC1(C)CN(c2nc(N)nc3c2ncn3[C@H]2C=C[C@@H](CO)C2)C1.COC1(C)CNC1.Nc1nc(Cl)c2ncn([C@H]3C=C[C@@H](CO)C3)c2n1. The fraction of sp³-hybridized carbons (Fsp3) is 0.562. The number of nitrogens with zero attached hydrogens (tertiary/aromatic N) is 9. The molecule has 2 saturated heterocycles. The second kappa shape index (κ2) is 14.1. The first kappa shape index (κ1) is 34.9. The maximum Gasteiger partial charge on any atom is 0.224 e. The maximum atomic E-state index is 9.33. The Balaban J connectivity index is 0.000000146. The third-order valence-corrected chi connectivity index (χ3v) is 9.90. The van der Waals surface area contributed by atoms with Gasteiger partial charge in [0.2, 0.25) is 11.9 Å². The molecule has 264 valence electrons. The number of aromatic nitrogens is 8. The van der Waals surface area contributed by atoms with Crippen LogP contribution in [0.4, 0.5) is 17.7 Å². The van der Waals surface area contributed by atoms with Crippen LogP contribution in [0.3, 0.4) is 0 Å². The molecule has 4 atom stereocenters. The highest BCUT2D eigenvalue weighted by atomic mass is 35.5. The van der Waals surface area contributed by atoms with Gasteiger partial charge in [0.1, 0.15) is 5.52 Å². The Morgan fingerprint density at radius 2 is 1.31 bits per heavy atom. The topological polar surface area (TPSA) is 213 Å². The van der Waals surface area contributed by atoms with E-state index in [9.17, 15) is 5.11 Å². The van der Waals surface area contributed by atoms with Crippen molar-refractivity contribution in [2.75, 3.05) is 70.0 Å². The van der Waals surface area contributed by atoms with Crippen molar-refractivity contribution in [3.8, 4) is 0 Å². The van der Waals surface area contributed by atoms with Gasteiger partial charge in [-0.05, 0) is 26.7 Å². The zero-order valence-corrected chi connectivity index (χ0v) is 29.0. The third kappa shape index (κ3) is 7.20. The van der Waals surface area contributed by atoms with Crippen molar-refractivity contribution in [3.05, 3.63) is 42.1 Å². The van der Waals surface area contributed by atoms with Crippen molar-refractivity contribution in [2.24, 2.45) is 11.8 Å². The maximum absolute atomic E-state index is 9.33. The number of hydrogen-bond acceptors (Lipinski definition) is 14. The summed E-state index contributed by atoms with van der Waals surface area (Å²) in [4.78, 5) is 27.7. The minimum absolute atomic E-state index is 0.123. The van der Waals surface area contributed by atoms with Crippen LogP contribution < -0.4 is 21.7 Å². The molecular weight excluding hydrogens is 652 g/mol. The molecule has 2 aliphatic heterocycles. The molecule has 49 heavy (non-hydrogen) atoms. The van der Waals surface area contributed by atoms with E-state index in [4.69, 9.17) is 37.6 Å². The van der Waals surface area contributed by atoms with Gasteiger partial charge in [-0.15, -0.1) is 0 Å². The molecule has 4 aromatic rings. The van der Waals surface area contributed by atoms with Crippen molar-refractivity contribution < 1.29 is 19.7 Å². The summed E-state index contributed by atoms with van der Waals surface area (Å²) in [6, 6.07) is 0.257. The van der Waals surface area contributed by atoms with E-state index in [0.717, 1.165) is 56.0 Å². The van der Waals surface area contributed by atoms with Crippen molar-refractivity contribution in [1.82, 2.24) is 44.4 Å². The molecule has 0 unspecified atom stereocenters. The lowest BCUT2D eigenvalue weighted by atomic mass is 9.96. The van der Waals surface area contributed by atoms with Crippen molar-refractivity contribution >= 4 is 51.6 Å². The fourth-order valence-electron chi connectivity index (χ4n) is 6.37. The summed E-state index contributed by atoms with van der Waals surface area (Å²) >= 11 is 5.97. The predicted molar refractivity (Wildman–Crippen MR) is 187 cm³/mol. The lowest BCUT2D eigenvalue weighted by Gasteiger charge is -2.47. The molecule has 4 aromatic heterocycles. The Morgan fingerprint density at radius 1 is 0.796 bits per heavy atom. The van der Waals surface area contributed by atoms with Crippen molar-refractivity contribution in [3.63, 3.8) is 0 Å². The quantitative estimate of drug-likeness (QED) is 0.138. The Bertz CT molecular complexity index is 1830. The molecule has 0 amide bonds. The number of imidazole rings is 2. The van der Waals surface area contributed by atoms with E-state index in [1.54, 1.807) is 26.9 Å². The monoisotopic (exact) mass is 696 g/mol. The number of hydrogen-bond donors (Lipinski definition) is 5. The molecule has 4 aliphatic rings. The highest BCUT2D eigenvalue weighted by molar-refractivity contribution is 6.33. The minimum atomic E-state index is -0.156. The van der Waals surface area contributed by atoms with Gasteiger partial charge in [-0.1, -0.05) is 35.9 Å². The molecule has 2 aliphatic carbocycles. The van der Waals surface area contributed by atoms with E-state index in [1.165, 1.54) is 0 Å². The summed E-state index contributed by atoms with van der Waals surface area (Å²) in [5.41, 5.74) is 14.2. The zero-order valence-electron chi connectivity index (χ0n) is 28.2. The first-order valence-corrected chi connectivity index (χ1v) is 16.7. The average Bonchev–Trinajstić information content (AvgIpc) is 3.88. The average molecular weight is 697 g/mol. The summed E-state index contributed by atoms with van der Waals surface area (Å²) in [5, 5.41) is 21.9. The number of rotatable bonds is 7. The van der Waals surface area contributed by atoms with Crippen LogP contribution in [-0.2, 0) is 9.47 Å². The van der Waals surface area contributed by atoms with E-state index in [0.29, 0.717) is 11.2 Å². The summed E-state index contributed by atoms with van der Waals surface area (Å²) in [7, 11) is 3.47. The largest absolute Gasteiger partial charge is 0.396 e. The van der Waals surface area contributed by atoms with Gasteiger partial charge in [0.05, 0.1) is 49.0 Å². The number of methoxy groups -OCH3 is 2. The Labute approximate surface area is 289 Å². The lowest BCUT2D eigenvalue weighted by Crippen LogP contribution is -2.61. The Morgan fingerprint density at radius 3 is 1.76 bits per heavy atom. The number of nitrogens with two attached hydrogens (primary N) is 2. The molecule has 7 N–H and O–H groups in total. The molecule has 0 bridgehead atoms. The zero-order chi connectivity index (χ0) is 34.9. The van der Waals surface area contributed by atoms with Gasteiger partial charge in [0, 0.05) is 52.4 Å². The van der Waals surface area contributed by atoms with Gasteiger partial charge >= 0.3 is 0 Å². The van der Waals surface area contributed by atoms with Gasteiger partial charge in [0.25, 0.3) is 0 Å². The first-order chi connectivity index (χ1) is 23.5. The third-order valence-electron chi connectivity index (χ3n) is 9.63. The first-order valence-electron chi connectivity index (χ1n) is 16.3. The smallest absolute Gasteiger partial charge is 0.224 e. The molecule has 0 saturated carbocycles. The van der Waals surface area contributed by atoms with Crippen LogP contribution in [0.15, 0.2) is 37.0 Å². The molecule has 0 aromatic carbocycles.